The van der Waals surface area contributed by atoms with E-state index in [1.807, 2.05) is 12.4 Å². The van der Waals surface area contributed by atoms with E-state index in [2.05, 4.69) is 36.5 Å². The van der Waals surface area contributed by atoms with Gasteiger partial charge in [0.15, 0.2) is 0 Å². The molecule has 5 heterocycles. The number of nitrogens with two attached hydrogens (primary N) is 1. The zero-order chi connectivity index (χ0) is 19.1. The van der Waals surface area contributed by atoms with Crippen LogP contribution in [0.5, 0.6) is 0 Å². The second-order valence-corrected chi connectivity index (χ2v) is 8.62. The maximum atomic E-state index is 13.1. The lowest BCUT2D eigenvalue weighted by Crippen LogP contribution is -2.47. The summed E-state index contributed by atoms with van der Waals surface area (Å²) in [6.45, 7) is 6.72. The van der Waals surface area contributed by atoms with Gasteiger partial charge < -0.3 is 10.3 Å². The lowest BCUT2D eigenvalue weighted by Gasteiger charge is -2.43. The minimum atomic E-state index is 0.236. The van der Waals surface area contributed by atoms with Gasteiger partial charge in [-0.3, -0.25) is 14.6 Å². The molecular formula is C21H28N6O. The van der Waals surface area contributed by atoms with Gasteiger partial charge in [0, 0.05) is 67.9 Å². The normalized spacial score (nSPS) is 25.0. The van der Waals surface area contributed by atoms with E-state index in [0.717, 1.165) is 56.9 Å². The van der Waals surface area contributed by atoms with Gasteiger partial charge in [-0.25, -0.2) is 9.97 Å². The zero-order valence-corrected chi connectivity index (χ0v) is 16.3. The number of nitrogens with zero attached hydrogens (tertiary/aromatic N) is 5. The topological polar surface area (TPSA) is 80.3 Å². The molecule has 3 aliphatic heterocycles. The highest BCUT2D eigenvalue weighted by molar-refractivity contribution is 5.23. The first-order valence-corrected chi connectivity index (χ1v) is 10.4. The smallest absolute Gasteiger partial charge is 0.255 e. The number of nitrogen functional groups attached to an aromatic ring is 1. The number of likely N-dealkylation sites (tertiary alicyclic amines) is 2. The van der Waals surface area contributed by atoms with Crippen LogP contribution in [-0.2, 0) is 19.6 Å². The highest BCUT2D eigenvalue weighted by atomic mass is 16.1. The molecule has 0 aromatic carbocycles. The zero-order valence-electron chi connectivity index (χ0n) is 16.3. The fourth-order valence-electron chi connectivity index (χ4n) is 5.23. The average Bonchev–Trinajstić information content (AvgIpc) is 3.19. The number of hydrogen-bond donors (Lipinski definition) is 1. The van der Waals surface area contributed by atoms with Gasteiger partial charge in [0.1, 0.15) is 0 Å². The van der Waals surface area contributed by atoms with E-state index in [0.29, 0.717) is 17.8 Å². The number of hydrogen-bond acceptors (Lipinski definition) is 6. The van der Waals surface area contributed by atoms with E-state index < -0.39 is 0 Å². The number of pyridine rings is 1. The molecule has 7 nitrogen and oxygen atoms in total. The highest BCUT2D eigenvalue weighted by Gasteiger charge is 2.35. The van der Waals surface area contributed by atoms with Gasteiger partial charge in [0.25, 0.3) is 5.56 Å². The molecule has 5 rings (SSSR count). The SMILES string of the molecule is Nc1ncc(CN2C[C@@H]3C[C@H](C2)c2ccc(CN4CCCC4)c(=O)n2C3)cn1. The van der Waals surface area contributed by atoms with E-state index in [4.69, 9.17) is 5.73 Å². The molecule has 3 aliphatic rings. The molecule has 28 heavy (non-hydrogen) atoms. The molecule has 2 saturated heterocycles. The van der Waals surface area contributed by atoms with Crippen molar-refractivity contribution in [2.75, 3.05) is 31.9 Å². The molecule has 2 aromatic rings. The molecule has 0 amide bonds. The lowest BCUT2D eigenvalue weighted by molar-refractivity contribution is 0.114. The summed E-state index contributed by atoms with van der Waals surface area (Å²) in [5.74, 6) is 1.27. The third-order valence-corrected chi connectivity index (χ3v) is 6.48. The summed E-state index contributed by atoms with van der Waals surface area (Å²) in [7, 11) is 0. The van der Waals surface area contributed by atoms with Crippen LogP contribution in [0.4, 0.5) is 5.95 Å². The van der Waals surface area contributed by atoms with E-state index in [1.54, 1.807) is 0 Å². The Hall–Kier alpha value is -2.25. The predicted molar refractivity (Wildman–Crippen MR) is 108 cm³/mol. The maximum absolute atomic E-state index is 13.1. The molecule has 7 heteroatoms. The molecular weight excluding hydrogens is 352 g/mol. The van der Waals surface area contributed by atoms with Gasteiger partial charge in [0.2, 0.25) is 5.95 Å². The Kier molecular flexibility index (Phi) is 4.64. The first-order valence-electron chi connectivity index (χ1n) is 10.4. The minimum Gasteiger partial charge on any atom is -0.368 e. The van der Waals surface area contributed by atoms with Crippen LogP contribution < -0.4 is 11.3 Å². The molecule has 0 aliphatic carbocycles. The standard InChI is InChI=1S/C21H28N6O/c22-21-23-8-16(9-24-21)11-26-10-15-7-18(14-26)19-4-3-17(20(28)27(19)12-15)13-25-5-1-2-6-25/h3-4,8-9,15,18H,1-2,5-7,10-14H2,(H2,22,23,24)/t15-,18+/m0/s1. The van der Waals surface area contributed by atoms with Gasteiger partial charge in [-0.1, -0.05) is 6.07 Å². The minimum absolute atomic E-state index is 0.236. The summed E-state index contributed by atoms with van der Waals surface area (Å²) in [6.07, 6.45) is 7.32. The van der Waals surface area contributed by atoms with Crippen molar-refractivity contribution in [2.24, 2.45) is 5.92 Å². The number of aromatic nitrogens is 3. The summed E-state index contributed by atoms with van der Waals surface area (Å²) < 4.78 is 2.08. The molecule has 2 N–H and O–H groups in total. The van der Waals surface area contributed by atoms with Crippen LogP contribution in [0.25, 0.3) is 0 Å². The molecule has 0 unspecified atom stereocenters. The lowest BCUT2D eigenvalue weighted by atomic mass is 9.83. The second kappa shape index (κ2) is 7.29. The van der Waals surface area contributed by atoms with Crippen LogP contribution in [0.3, 0.4) is 0 Å². The number of anilines is 1. The largest absolute Gasteiger partial charge is 0.368 e. The highest BCUT2D eigenvalue weighted by Crippen LogP contribution is 2.35. The molecule has 148 valence electrons. The Morgan fingerprint density at radius 2 is 1.79 bits per heavy atom. The van der Waals surface area contributed by atoms with Crippen molar-refractivity contribution in [3.63, 3.8) is 0 Å². The van der Waals surface area contributed by atoms with Gasteiger partial charge in [0.05, 0.1) is 0 Å². The number of rotatable bonds is 4. The molecule has 0 saturated carbocycles. The van der Waals surface area contributed by atoms with E-state index >= 15 is 0 Å². The van der Waals surface area contributed by atoms with Crippen LogP contribution >= 0.6 is 0 Å². The van der Waals surface area contributed by atoms with Crippen LogP contribution in [0.15, 0.2) is 29.3 Å². The fourth-order valence-corrected chi connectivity index (χ4v) is 5.23. The Morgan fingerprint density at radius 3 is 2.57 bits per heavy atom. The fraction of sp³-hybridized carbons (Fsp3) is 0.571. The van der Waals surface area contributed by atoms with E-state index in [-0.39, 0.29) is 5.56 Å². The monoisotopic (exact) mass is 380 g/mol. The third-order valence-electron chi connectivity index (χ3n) is 6.48. The molecule has 0 radical (unpaired) electrons. The summed E-state index contributed by atoms with van der Waals surface area (Å²) in [6, 6.07) is 4.29. The first-order chi connectivity index (χ1) is 13.7. The molecule has 2 bridgehead atoms. The summed E-state index contributed by atoms with van der Waals surface area (Å²) in [5, 5.41) is 0. The average molecular weight is 380 g/mol. The van der Waals surface area contributed by atoms with Gasteiger partial charge in [-0.15, -0.1) is 0 Å². The van der Waals surface area contributed by atoms with Crippen molar-refractivity contribution >= 4 is 5.95 Å². The third kappa shape index (κ3) is 3.44. The number of fused-ring (bicyclic) bond motifs is 4. The Labute approximate surface area is 165 Å². The van der Waals surface area contributed by atoms with Crippen molar-refractivity contribution in [1.29, 1.82) is 0 Å². The van der Waals surface area contributed by atoms with Crippen molar-refractivity contribution in [3.8, 4) is 0 Å². The molecule has 2 aromatic heterocycles. The quantitative estimate of drug-likeness (QED) is 0.864. The summed E-state index contributed by atoms with van der Waals surface area (Å²) in [5.41, 5.74) is 9.09. The van der Waals surface area contributed by atoms with Crippen LogP contribution in [0, 0.1) is 5.92 Å². The molecule has 2 atom stereocenters. The van der Waals surface area contributed by atoms with E-state index in [1.165, 1.54) is 25.0 Å². The van der Waals surface area contributed by atoms with Crippen LogP contribution in [0.1, 0.15) is 42.0 Å². The summed E-state index contributed by atoms with van der Waals surface area (Å²) in [4.78, 5) is 26.2. The van der Waals surface area contributed by atoms with Gasteiger partial charge >= 0.3 is 0 Å². The van der Waals surface area contributed by atoms with Crippen LogP contribution in [-0.4, -0.2) is 50.5 Å². The predicted octanol–water partition coefficient (Wildman–Crippen LogP) is 1.44. The summed E-state index contributed by atoms with van der Waals surface area (Å²) >= 11 is 0. The van der Waals surface area contributed by atoms with Gasteiger partial charge in [-0.2, -0.15) is 0 Å². The van der Waals surface area contributed by atoms with Crippen LogP contribution in [0.2, 0.25) is 0 Å². The second-order valence-electron chi connectivity index (χ2n) is 8.62. The number of piperidine rings is 1. The van der Waals surface area contributed by atoms with Crippen molar-refractivity contribution < 1.29 is 0 Å². The molecule has 0 spiro atoms. The van der Waals surface area contributed by atoms with Gasteiger partial charge in [-0.05, 0) is 44.3 Å². The first kappa shape index (κ1) is 17.8. The van der Waals surface area contributed by atoms with E-state index in [9.17, 15) is 4.79 Å². The molecule has 2 fully saturated rings. The Bertz CT molecular complexity index is 902. The maximum Gasteiger partial charge on any atom is 0.255 e. The Balaban J connectivity index is 1.34. The van der Waals surface area contributed by atoms with Crippen molar-refractivity contribution in [2.45, 2.75) is 44.8 Å². The van der Waals surface area contributed by atoms with Crippen molar-refractivity contribution in [3.05, 3.63) is 51.7 Å². The Morgan fingerprint density at radius 1 is 1.00 bits per heavy atom. The van der Waals surface area contributed by atoms with Crippen molar-refractivity contribution in [1.82, 2.24) is 24.3 Å².